The molecule has 4 heteroatoms. The largest absolute Gasteiger partial charge is 0.109 e. The van der Waals surface area contributed by atoms with Gasteiger partial charge in [0.1, 0.15) is 1.43 Å². The van der Waals surface area contributed by atoms with Crippen LogP contribution in [0.1, 0.15) is 0 Å². The predicted molar refractivity (Wildman–Crippen MR) is 69.6 cm³/mol. The number of allylic oxidation sites excluding steroid dienone is 4. The summed E-state index contributed by atoms with van der Waals surface area (Å²) in [6.07, 6.45) is 6.31. The molecule has 0 aromatic rings. The molecule has 0 fully saturated rings. The van der Waals surface area contributed by atoms with Gasteiger partial charge in [0.2, 0.25) is 0 Å². The number of hydrogen-bond donors (Lipinski definition) is 0. The molecule has 1 aliphatic carbocycles. The van der Waals surface area contributed by atoms with Gasteiger partial charge in [-0.3, -0.25) is 0 Å². The van der Waals surface area contributed by atoms with E-state index < -0.39 is 0 Å². The molecule has 0 heterocycles. The van der Waals surface area contributed by atoms with E-state index >= 15 is 0 Å². The van der Waals surface area contributed by atoms with E-state index in [-0.39, 0.29) is 1.43 Å². The van der Waals surface area contributed by atoms with Gasteiger partial charge in [-0.2, -0.15) is 0 Å². The number of rotatable bonds is 0. The minimum atomic E-state index is 0.170. The first kappa shape index (κ1) is 9.98. The predicted octanol–water partition coefficient (Wildman–Crippen LogP) is 4.16. The highest BCUT2D eigenvalue weighted by Crippen LogP contribution is 2.44. The number of halogens is 4. The van der Waals surface area contributed by atoms with Crippen molar-refractivity contribution >= 4 is 77.0 Å². The lowest BCUT2D eigenvalue weighted by molar-refractivity contribution is 1.09. The van der Waals surface area contributed by atoms with Crippen molar-refractivity contribution in [1.29, 1.82) is 0 Å². The van der Waals surface area contributed by atoms with Crippen molar-refractivity contribution in [3.63, 3.8) is 0 Å². The van der Waals surface area contributed by atoms with Crippen LogP contribution in [0.2, 0.25) is 0 Å². The normalized spacial score (nSPS) is 30.0. The van der Waals surface area contributed by atoms with Gasteiger partial charge in [-0.05, 0) is 0 Å². The Labute approximate surface area is 104 Å². The second kappa shape index (κ2) is 3.74. The van der Waals surface area contributed by atoms with Gasteiger partial charge in [0.15, 0.2) is 0 Å². The van der Waals surface area contributed by atoms with Gasteiger partial charge >= 0.3 is 0 Å². The molecule has 0 amide bonds. The van der Waals surface area contributed by atoms with E-state index in [0.29, 0.717) is 4.83 Å². The van der Waals surface area contributed by atoms with Gasteiger partial charge in [-0.1, -0.05) is 95.3 Å². The van der Waals surface area contributed by atoms with Crippen LogP contribution in [0.4, 0.5) is 0 Å². The van der Waals surface area contributed by atoms with Crippen LogP contribution >= 0.6 is 77.0 Å². The second-order valence-electron chi connectivity index (χ2n) is 1.95. The molecule has 1 rings (SSSR count). The molecular formula is C6H4Br2I2. The summed E-state index contributed by atoms with van der Waals surface area (Å²) in [5, 5.41) is 0. The van der Waals surface area contributed by atoms with Crippen LogP contribution < -0.4 is 0 Å². The Morgan fingerprint density at radius 3 is 2.50 bits per heavy atom. The molecular weight excluding hydrogens is 486 g/mol. The SMILES string of the molecule is BrC1=CC=CC(I)(I)C1Br. The van der Waals surface area contributed by atoms with E-state index in [0.717, 1.165) is 0 Å². The number of alkyl halides is 3. The van der Waals surface area contributed by atoms with E-state index in [1.807, 2.05) is 0 Å². The monoisotopic (exact) mass is 488 g/mol. The van der Waals surface area contributed by atoms with Crippen molar-refractivity contribution in [3.05, 3.63) is 22.7 Å². The Hall–Kier alpha value is 1.90. The molecule has 0 saturated carbocycles. The Morgan fingerprint density at radius 2 is 2.10 bits per heavy atom. The Kier molecular flexibility index (Phi) is 3.73. The first-order chi connectivity index (χ1) is 4.54. The van der Waals surface area contributed by atoms with Crippen LogP contribution in [-0.4, -0.2) is 6.26 Å². The molecule has 1 unspecified atom stereocenters. The Balaban J connectivity index is 2.89. The second-order valence-corrected chi connectivity index (χ2v) is 9.41. The molecule has 10 heavy (non-hydrogen) atoms. The van der Waals surface area contributed by atoms with Crippen molar-refractivity contribution < 1.29 is 0 Å². The zero-order valence-corrected chi connectivity index (χ0v) is 12.3. The minimum absolute atomic E-state index is 0.170. The molecule has 0 nitrogen and oxygen atoms in total. The van der Waals surface area contributed by atoms with E-state index in [4.69, 9.17) is 0 Å². The first-order valence-electron chi connectivity index (χ1n) is 2.61. The first-order valence-corrected chi connectivity index (χ1v) is 6.47. The summed E-state index contributed by atoms with van der Waals surface area (Å²) in [5.74, 6) is 0. The molecule has 0 saturated heterocycles. The molecule has 0 bridgehead atoms. The van der Waals surface area contributed by atoms with Gasteiger partial charge in [0.25, 0.3) is 0 Å². The topological polar surface area (TPSA) is 0 Å². The molecule has 56 valence electrons. The smallest absolute Gasteiger partial charge is 0.0806 e. The van der Waals surface area contributed by atoms with Crippen LogP contribution in [0, 0.1) is 0 Å². The molecule has 1 aliphatic rings. The van der Waals surface area contributed by atoms with Crippen LogP contribution in [0.15, 0.2) is 22.7 Å². The quantitative estimate of drug-likeness (QED) is 0.354. The van der Waals surface area contributed by atoms with Crippen molar-refractivity contribution in [2.24, 2.45) is 0 Å². The molecule has 0 radical (unpaired) electrons. The van der Waals surface area contributed by atoms with Gasteiger partial charge < -0.3 is 0 Å². The van der Waals surface area contributed by atoms with Crippen LogP contribution in [0.5, 0.6) is 0 Å². The van der Waals surface area contributed by atoms with Gasteiger partial charge in [0, 0.05) is 4.48 Å². The summed E-state index contributed by atoms with van der Waals surface area (Å²) < 4.78 is 1.38. The Morgan fingerprint density at radius 1 is 1.50 bits per heavy atom. The maximum Gasteiger partial charge on any atom is 0.109 e. The van der Waals surface area contributed by atoms with Gasteiger partial charge in [-0.25, -0.2) is 0 Å². The average molecular weight is 490 g/mol. The molecule has 0 aliphatic heterocycles. The maximum atomic E-state index is 3.59. The Bertz CT molecular complexity index is 196. The van der Waals surface area contributed by atoms with E-state index in [9.17, 15) is 0 Å². The summed E-state index contributed by atoms with van der Waals surface area (Å²) in [6.45, 7) is 0. The average Bonchev–Trinajstić information content (AvgIpc) is 1.83. The summed E-state index contributed by atoms with van der Waals surface area (Å²) >= 11 is 11.9. The van der Waals surface area contributed by atoms with Crippen LogP contribution in [-0.2, 0) is 0 Å². The highest BCUT2D eigenvalue weighted by molar-refractivity contribution is 14.2. The summed E-state index contributed by atoms with van der Waals surface area (Å²) in [6, 6.07) is 0. The van der Waals surface area contributed by atoms with E-state index in [2.05, 4.69) is 95.3 Å². The van der Waals surface area contributed by atoms with Gasteiger partial charge in [-0.15, -0.1) is 0 Å². The summed E-state index contributed by atoms with van der Waals surface area (Å²) in [5.41, 5.74) is 0. The van der Waals surface area contributed by atoms with E-state index in [1.54, 1.807) is 0 Å². The van der Waals surface area contributed by atoms with Crippen molar-refractivity contribution in [3.8, 4) is 0 Å². The highest BCUT2D eigenvalue weighted by Gasteiger charge is 2.32. The van der Waals surface area contributed by atoms with Crippen molar-refractivity contribution in [2.75, 3.05) is 0 Å². The van der Waals surface area contributed by atoms with Crippen LogP contribution in [0.25, 0.3) is 0 Å². The fourth-order valence-electron chi connectivity index (χ4n) is 0.621. The lowest BCUT2D eigenvalue weighted by Crippen LogP contribution is -2.23. The molecule has 0 N–H and O–H groups in total. The van der Waals surface area contributed by atoms with Crippen molar-refractivity contribution in [1.82, 2.24) is 0 Å². The molecule has 0 spiro atoms. The lowest BCUT2D eigenvalue weighted by atomic mass is 10.2. The number of hydrogen-bond acceptors (Lipinski definition) is 0. The fourth-order valence-corrected chi connectivity index (χ4v) is 3.38. The fraction of sp³-hybridized carbons (Fsp3) is 0.333. The molecule has 1 atom stereocenters. The third-order valence-electron chi connectivity index (χ3n) is 1.15. The maximum absolute atomic E-state index is 3.59. The zero-order chi connectivity index (χ0) is 7.78. The van der Waals surface area contributed by atoms with Crippen LogP contribution in [0.3, 0.4) is 0 Å². The molecule has 0 aromatic heterocycles. The standard InChI is InChI=1S/C6H4Br2I2/c7-4-2-1-3-6(9,10)5(4)8/h1-3,5H. The minimum Gasteiger partial charge on any atom is -0.0806 e. The summed E-state index contributed by atoms with van der Waals surface area (Å²) in [4.78, 5) is 0.395. The zero-order valence-electron chi connectivity index (χ0n) is 4.82. The molecule has 0 aromatic carbocycles. The third-order valence-corrected chi connectivity index (χ3v) is 7.38. The van der Waals surface area contributed by atoms with E-state index in [1.165, 1.54) is 4.48 Å². The lowest BCUT2D eigenvalue weighted by Gasteiger charge is -2.25. The summed E-state index contributed by atoms with van der Waals surface area (Å²) in [7, 11) is 0. The van der Waals surface area contributed by atoms with Crippen molar-refractivity contribution in [2.45, 2.75) is 6.26 Å². The third kappa shape index (κ3) is 2.20. The highest BCUT2D eigenvalue weighted by atomic mass is 127. The van der Waals surface area contributed by atoms with Gasteiger partial charge in [0.05, 0.1) is 4.83 Å².